The molecular weight excluding hydrogens is 264 g/mol. The van der Waals surface area contributed by atoms with Crippen molar-refractivity contribution >= 4 is 17.3 Å². The summed E-state index contributed by atoms with van der Waals surface area (Å²) >= 11 is 0. The van der Waals surface area contributed by atoms with Crippen molar-refractivity contribution in [2.45, 2.75) is 20.3 Å². The van der Waals surface area contributed by atoms with Gasteiger partial charge in [0, 0.05) is 24.4 Å². The van der Waals surface area contributed by atoms with Gasteiger partial charge in [0.15, 0.2) is 5.75 Å². The van der Waals surface area contributed by atoms with Crippen LogP contribution in [0.2, 0.25) is 0 Å². The Balaban J connectivity index is 2.83. The number of ether oxygens (including phenoxy) is 1. The molecule has 0 spiro atoms. The topological polar surface area (TPSA) is 102 Å². The summed E-state index contributed by atoms with van der Waals surface area (Å²) in [5.74, 6) is -1.27. The van der Waals surface area contributed by atoms with Crippen molar-refractivity contribution < 1.29 is 19.6 Å². The third kappa shape index (κ3) is 4.42. The fourth-order valence-electron chi connectivity index (χ4n) is 1.46. The molecule has 0 aliphatic carbocycles. The number of nitro benzene ring substituents is 1. The molecule has 0 aliphatic heterocycles. The summed E-state index contributed by atoms with van der Waals surface area (Å²) in [6.45, 7) is 4.11. The molecule has 1 aromatic rings. The number of carboxylic acid groups (broad SMARTS) is 1. The third-order valence-electron chi connectivity index (χ3n) is 2.65. The molecular formula is C13H18N2O5. The summed E-state index contributed by atoms with van der Waals surface area (Å²) in [5, 5.41) is 22.6. The second kappa shape index (κ2) is 7.32. The van der Waals surface area contributed by atoms with Crippen LogP contribution in [-0.2, 0) is 4.79 Å². The highest BCUT2D eigenvalue weighted by molar-refractivity contribution is 5.70. The molecule has 0 fully saturated rings. The van der Waals surface area contributed by atoms with Crippen molar-refractivity contribution in [3.05, 3.63) is 28.3 Å². The molecule has 0 radical (unpaired) electrons. The zero-order valence-electron chi connectivity index (χ0n) is 11.5. The van der Waals surface area contributed by atoms with Crippen LogP contribution < -0.4 is 10.1 Å². The number of hydrogen-bond acceptors (Lipinski definition) is 5. The van der Waals surface area contributed by atoms with Crippen molar-refractivity contribution in [3.8, 4) is 5.75 Å². The summed E-state index contributed by atoms with van der Waals surface area (Å²) in [6, 6.07) is 4.40. The van der Waals surface area contributed by atoms with Crippen molar-refractivity contribution in [2.24, 2.45) is 5.92 Å². The maximum Gasteiger partial charge on any atom is 0.311 e. The Morgan fingerprint density at radius 1 is 1.55 bits per heavy atom. The fourth-order valence-corrected chi connectivity index (χ4v) is 1.46. The molecule has 0 saturated heterocycles. The number of anilines is 1. The standard InChI is InChI=1S/C13H18N2O5/c1-3-6-20-12-7-10(4-5-11(12)15(18)19)14-8-9(2)13(16)17/h4-5,7,9,14H,3,6,8H2,1-2H3,(H,16,17). The minimum Gasteiger partial charge on any atom is -0.487 e. The number of hydrogen-bond donors (Lipinski definition) is 2. The van der Waals surface area contributed by atoms with Gasteiger partial charge >= 0.3 is 11.7 Å². The lowest BCUT2D eigenvalue weighted by Gasteiger charge is -2.11. The van der Waals surface area contributed by atoms with E-state index in [-0.39, 0.29) is 18.0 Å². The van der Waals surface area contributed by atoms with E-state index in [1.54, 1.807) is 6.92 Å². The quantitative estimate of drug-likeness (QED) is 0.561. The van der Waals surface area contributed by atoms with Crippen LogP contribution in [-0.4, -0.2) is 29.2 Å². The van der Waals surface area contributed by atoms with E-state index >= 15 is 0 Å². The minimum atomic E-state index is -0.901. The second-order valence-electron chi connectivity index (χ2n) is 4.41. The Labute approximate surface area is 116 Å². The normalized spacial score (nSPS) is 11.7. The molecule has 7 nitrogen and oxygen atoms in total. The van der Waals surface area contributed by atoms with Gasteiger partial charge in [-0.1, -0.05) is 13.8 Å². The van der Waals surface area contributed by atoms with E-state index < -0.39 is 16.8 Å². The van der Waals surface area contributed by atoms with Crippen LogP contribution in [0.5, 0.6) is 5.75 Å². The van der Waals surface area contributed by atoms with E-state index in [1.807, 2.05) is 6.92 Å². The number of aliphatic carboxylic acids is 1. The predicted octanol–water partition coefficient (Wildman–Crippen LogP) is 2.52. The highest BCUT2D eigenvalue weighted by Crippen LogP contribution is 2.30. The smallest absolute Gasteiger partial charge is 0.311 e. The zero-order valence-corrected chi connectivity index (χ0v) is 11.5. The summed E-state index contributed by atoms with van der Waals surface area (Å²) < 4.78 is 5.34. The zero-order chi connectivity index (χ0) is 15.1. The van der Waals surface area contributed by atoms with Gasteiger partial charge in [-0.15, -0.1) is 0 Å². The van der Waals surface area contributed by atoms with Gasteiger partial charge in [0.1, 0.15) is 0 Å². The van der Waals surface area contributed by atoms with Crippen LogP contribution in [0, 0.1) is 16.0 Å². The highest BCUT2D eigenvalue weighted by atomic mass is 16.6. The third-order valence-corrected chi connectivity index (χ3v) is 2.65. The van der Waals surface area contributed by atoms with E-state index in [0.717, 1.165) is 6.42 Å². The van der Waals surface area contributed by atoms with Crippen LogP contribution in [0.4, 0.5) is 11.4 Å². The van der Waals surface area contributed by atoms with Gasteiger partial charge in [-0.05, 0) is 12.5 Å². The number of carboxylic acids is 1. The van der Waals surface area contributed by atoms with Crippen molar-refractivity contribution in [1.29, 1.82) is 0 Å². The van der Waals surface area contributed by atoms with Gasteiger partial charge in [-0.2, -0.15) is 0 Å². The first kappa shape index (κ1) is 15.7. The van der Waals surface area contributed by atoms with E-state index in [9.17, 15) is 14.9 Å². The van der Waals surface area contributed by atoms with Gasteiger partial charge in [0.2, 0.25) is 0 Å². The first-order chi connectivity index (χ1) is 9.45. The van der Waals surface area contributed by atoms with Gasteiger partial charge in [0.05, 0.1) is 17.4 Å². The first-order valence-corrected chi connectivity index (χ1v) is 6.33. The summed E-state index contributed by atoms with van der Waals surface area (Å²) in [6.07, 6.45) is 0.741. The van der Waals surface area contributed by atoms with Crippen LogP contribution >= 0.6 is 0 Å². The lowest BCUT2D eigenvalue weighted by molar-refractivity contribution is -0.385. The molecule has 0 bridgehead atoms. The molecule has 0 aromatic heterocycles. The molecule has 20 heavy (non-hydrogen) atoms. The Kier molecular flexibility index (Phi) is 5.76. The Hall–Kier alpha value is -2.31. The van der Waals surface area contributed by atoms with Gasteiger partial charge in [-0.25, -0.2) is 0 Å². The molecule has 0 aliphatic rings. The van der Waals surface area contributed by atoms with E-state index in [2.05, 4.69) is 5.32 Å². The molecule has 0 heterocycles. The molecule has 2 N–H and O–H groups in total. The largest absolute Gasteiger partial charge is 0.487 e. The number of nitrogens with zero attached hydrogens (tertiary/aromatic N) is 1. The summed E-state index contributed by atoms with van der Waals surface area (Å²) in [5.41, 5.74) is 0.491. The summed E-state index contributed by atoms with van der Waals surface area (Å²) in [4.78, 5) is 21.1. The molecule has 1 unspecified atom stereocenters. The molecule has 110 valence electrons. The van der Waals surface area contributed by atoms with Crippen molar-refractivity contribution in [3.63, 3.8) is 0 Å². The number of carbonyl (C=O) groups is 1. The molecule has 0 saturated carbocycles. The summed E-state index contributed by atoms with van der Waals surface area (Å²) in [7, 11) is 0. The predicted molar refractivity (Wildman–Crippen MR) is 74.2 cm³/mol. The molecule has 1 atom stereocenters. The number of benzene rings is 1. The average Bonchev–Trinajstić information content (AvgIpc) is 2.42. The van der Waals surface area contributed by atoms with E-state index in [4.69, 9.17) is 9.84 Å². The van der Waals surface area contributed by atoms with Crippen LogP contribution in [0.1, 0.15) is 20.3 Å². The van der Waals surface area contributed by atoms with Gasteiger partial charge in [0.25, 0.3) is 0 Å². The maximum atomic E-state index is 10.9. The SMILES string of the molecule is CCCOc1cc(NCC(C)C(=O)O)ccc1[N+](=O)[O-]. The highest BCUT2D eigenvalue weighted by Gasteiger charge is 2.16. The Morgan fingerprint density at radius 2 is 2.25 bits per heavy atom. The van der Waals surface area contributed by atoms with Crippen LogP contribution in [0.25, 0.3) is 0 Å². The molecule has 1 aromatic carbocycles. The van der Waals surface area contributed by atoms with E-state index in [0.29, 0.717) is 12.3 Å². The Morgan fingerprint density at radius 3 is 2.80 bits per heavy atom. The second-order valence-corrected chi connectivity index (χ2v) is 4.41. The van der Waals surface area contributed by atoms with Crippen LogP contribution in [0.3, 0.4) is 0 Å². The molecule has 0 amide bonds. The van der Waals surface area contributed by atoms with Gasteiger partial charge < -0.3 is 15.2 Å². The monoisotopic (exact) mass is 282 g/mol. The van der Waals surface area contributed by atoms with E-state index in [1.165, 1.54) is 18.2 Å². The number of nitrogens with one attached hydrogen (secondary N) is 1. The fraction of sp³-hybridized carbons (Fsp3) is 0.462. The minimum absolute atomic E-state index is 0.102. The average molecular weight is 282 g/mol. The van der Waals surface area contributed by atoms with Crippen molar-refractivity contribution in [1.82, 2.24) is 0 Å². The number of rotatable bonds is 8. The Bertz CT molecular complexity index is 490. The first-order valence-electron chi connectivity index (χ1n) is 6.33. The van der Waals surface area contributed by atoms with Gasteiger partial charge in [-0.3, -0.25) is 14.9 Å². The van der Waals surface area contributed by atoms with Crippen LogP contribution in [0.15, 0.2) is 18.2 Å². The molecule has 1 rings (SSSR count). The number of nitro groups is 1. The molecule has 7 heteroatoms. The van der Waals surface area contributed by atoms with Crippen molar-refractivity contribution in [2.75, 3.05) is 18.5 Å². The lowest BCUT2D eigenvalue weighted by atomic mass is 10.2. The maximum absolute atomic E-state index is 10.9. The lowest BCUT2D eigenvalue weighted by Crippen LogP contribution is -2.19.